The molecule has 0 fully saturated rings. The van der Waals surface area contributed by atoms with Crippen molar-refractivity contribution in [1.29, 1.82) is 0 Å². The molecule has 0 aromatic carbocycles. The van der Waals surface area contributed by atoms with Crippen molar-refractivity contribution in [3.05, 3.63) is 0 Å². The molecule has 0 saturated carbocycles. The van der Waals surface area contributed by atoms with E-state index >= 15 is 0 Å². The van der Waals surface area contributed by atoms with Gasteiger partial charge in [0.15, 0.2) is 0 Å². The van der Waals surface area contributed by atoms with Gasteiger partial charge in [0.1, 0.15) is 12.7 Å². The molecule has 90 heavy (non-hydrogen) atoms. The Morgan fingerprint density at radius 2 is 0.378 bits per heavy atom. The minimum Gasteiger partial charge on any atom is -0.466 e. The highest BCUT2D eigenvalue weighted by Gasteiger charge is 2.18. The molecule has 0 aliphatic heterocycles. The van der Waals surface area contributed by atoms with E-state index < -0.39 is 6.10 Å². The van der Waals surface area contributed by atoms with Crippen molar-refractivity contribution in [1.82, 2.24) is 0 Å². The van der Waals surface area contributed by atoms with Gasteiger partial charge in [0.05, 0.1) is 19.8 Å². The van der Waals surface area contributed by atoms with E-state index in [4.69, 9.17) is 23.7 Å². The van der Waals surface area contributed by atoms with Gasteiger partial charge in [-0.2, -0.15) is 0 Å². The maximum absolute atomic E-state index is 13.0. The molecule has 0 amide bonds. The number of hydrogen-bond donors (Lipinski definition) is 0. The molecule has 532 valence electrons. The molecule has 0 aromatic rings. The minimum absolute atomic E-state index is 0.0349. The normalized spacial score (nSPS) is 11.7. The van der Waals surface area contributed by atoms with Crippen molar-refractivity contribution in [2.75, 3.05) is 26.4 Å². The second kappa shape index (κ2) is 75.4. The Bertz CT molecular complexity index is 1500. The third kappa shape index (κ3) is 72.8. The number of rotatable bonds is 76. The molecule has 10 heteroatoms. The lowest BCUT2D eigenvalue weighted by Crippen LogP contribution is -2.25. The van der Waals surface area contributed by atoms with Crippen LogP contribution >= 0.6 is 0 Å². The van der Waals surface area contributed by atoms with Gasteiger partial charge in [0, 0.05) is 32.1 Å². The number of esters is 5. The quantitative estimate of drug-likeness (QED) is 0.0329. The molecule has 1 unspecified atom stereocenters. The lowest BCUT2D eigenvalue weighted by atomic mass is 10.0. The Morgan fingerprint density at radius 1 is 0.200 bits per heavy atom. The highest BCUT2D eigenvalue weighted by molar-refractivity contribution is 5.71. The first-order valence-electron chi connectivity index (χ1n) is 40.1. The van der Waals surface area contributed by atoms with Crippen LogP contribution in [-0.4, -0.2) is 62.4 Å². The highest BCUT2D eigenvalue weighted by Crippen LogP contribution is 2.20. The second-order valence-electron chi connectivity index (χ2n) is 27.5. The summed E-state index contributed by atoms with van der Waals surface area (Å²) in [7, 11) is 0. The van der Waals surface area contributed by atoms with E-state index in [0.717, 1.165) is 128 Å². The molecule has 0 N–H and O–H groups in total. The Kier molecular flexibility index (Phi) is 73.2. The number of ether oxygens (including phenoxy) is 5. The first-order valence-corrected chi connectivity index (χ1v) is 40.1. The number of hydrogen-bond acceptors (Lipinski definition) is 10. The fourth-order valence-corrected chi connectivity index (χ4v) is 12.4. The van der Waals surface area contributed by atoms with Crippen LogP contribution in [0.4, 0.5) is 0 Å². The van der Waals surface area contributed by atoms with Gasteiger partial charge in [0.25, 0.3) is 0 Å². The molecule has 10 nitrogen and oxygen atoms in total. The summed E-state index contributed by atoms with van der Waals surface area (Å²) in [5.41, 5.74) is 0. The highest BCUT2D eigenvalue weighted by atomic mass is 16.6. The lowest BCUT2D eigenvalue weighted by molar-refractivity contribution is -0.159. The number of unbranched alkanes of at least 4 members (excludes halogenated alkanes) is 55. The van der Waals surface area contributed by atoms with Crippen LogP contribution in [-0.2, 0) is 47.7 Å². The smallest absolute Gasteiger partial charge is 0.306 e. The van der Waals surface area contributed by atoms with E-state index in [1.807, 2.05) is 0 Å². The Morgan fingerprint density at radius 3 is 0.611 bits per heavy atom. The van der Waals surface area contributed by atoms with Crippen molar-refractivity contribution in [3.63, 3.8) is 0 Å². The molecule has 0 heterocycles. The predicted octanol–water partition coefficient (Wildman–Crippen LogP) is 25.3. The van der Waals surface area contributed by atoms with Gasteiger partial charge in [0.2, 0.25) is 0 Å². The first kappa shape index (κ1) is 87.3. The molecule has 0 aromatic heterocycles. The zero-order chi connectivity index (χ0) is 65.2. The van der Waals surface area contributed by atoms with Crippen molar-refractivity contribution in [3.8, 4) is 0 Å². The van der Waals surface area contributed by atoms with Crippen LogP contribution in [0.5, 0.6) is 0 Å². The monoisotopic (exact) mass is 1270 g/mol. The zero-order valence-electron chi connectivity index (χ0n) is 60.4. The average Bonchev–Trinajstić information content (AvgIpc) is 3.66. The third-order valence-corrected chi connectivity index (χ3v) is 18.4. The molecular weight excluding hydrogens is 1120 g/mol. The second-order valence-corrected chi connectivity index (χ2v) is 27.5. The van der Waals surface area contributed by atoms with Crippen LogP contribution in [0.3, 0.4) is 0 Å². The van der Waals surface area contributed by atoms with Gasteiger partial charge in [-0.3, -0.25) is 24.0 Å². The van der Waals surface area contributed by atoms with Crippen LogP contribution < -0.4 is 0 Å². The van der Waals surface area contributed by atoms with E-state index in [9.17, 15) is 24.0 Å². The molecule has 0 bridgehead atoms. The molecule has 0 saturated heterocycles. The summed E-state index contributed by atoms with van der Waals surface area (Å²) in [6.07, 6.45) is 76.2. The van der Waals surface area contributed by atoms with Crippen LogP contribution in [0.15, 0.2) is 0 Å². The Hall–Kier alpha value is -2.65. The van der Waals surface area contributed by atoms with Crippen molar-refractivity contribution >= 4 is 29.8 Å². The summed E-state index contributed by atoms with van der Waals surface area (Å²) in [5.74, 6) is -0.690. The number of carbonyl (C=O) groups excluding carboxylic acids is 5. The number of carbonyl (C=O) groups is 5. The van der Waals surface area contributed by atoms with Gasteiger partial charge in [-0.25, -0.2) is 0 Å². The van der Waals surface area contributed by atoms with Crippen molar-refractivity contribution in [2.45, 2.75) is 457 Å². The summed E-state index contributed by atoms with van der Waals surface area (Å²) in [4.78, 5) is 62.7. The SMILES string of the molecule is CCCCCCCCCCCCCCCCCC(=O)OCCCCCCCCCCCC(=O)OCC(CCCCOC(=O)CCCCCCCCCCCCC)OC(=O)CCCCCCCCCCCOC(=O)CCCCCCCCCCCCCCCCC. The van der Waals surface area contributed by atoms with E-state index in [0.29, 0.717) is 71.2 Å². The molecule has 0 aliphatic rings. The summed E-state index contributed by atoms with van der Waals surface area (Å²) in [6, 6.07) is 0. The van der Waals surface area contributed by atoms with Crippen molar-refractivity contribution in [2.24, 2.45) is 0 Å². The van der Waals surface area contributed by atoms with E-state index in [-0.39, 0.29) is 36.5 Å². The maximum Gasteiger partial charge on any atom is 0.306 e. The average molecular weight is 1270 g/mol. The molecular formula is C80H152O10. The summed E-state index contributed by atoms with van der Waals surface area (Å²) < 4.78 is 28.2. The molecule has 1 atom stereocenters. The molecule has 0 aliphatic carbocycles. The van der Waals surface area contributed by atoms with Gasteiger partial charge in [-0.1, -0.05) is 355 Å². The lowest BCUT2D eigenvalue weighted by Gasteiger charge is -2.18. The summed E-state index contributed by atoms with van der Waals surface area (Å²) >= 11 is 0. The minimum atomic E-state index is -0.508. The van der Waals surface area contributed by atoms with Gasteiger partial charge in [-0.05, 0) is 64.2 Å². The molecule has 0 radical (unpaired) electrons. The Balaban J connectivity index is 4.22. The third-order valence-electron chi connectivity index (χ3n) is 18.4. The fraction of sp³-hybridized carbons (Fsp3) is 0.938. The fourth-order valence-electron chi connectivity index (χ4n) is 12.4. The van der Waals surface area contributed by atoms with E-state index in [1.165, 1.54) is 250 Å². The standard InChI is InChI=1S/C80H152O10/c1-4-7-10-13-16-19-22-24-26-28-31-36-43-49-56-66-76(81)86-71-62-54-47-40-33-38-45-52-59-69-79(84)89-74-75(65-61-64-73-88-78(83)68-58-51-42-35-30-21-18-15-12-9-6-3)90-80(85)70-60-53-46-39-34-41-48-55-63-72-87-77(82)67-57-50-44-37-32-29-27-25-23-20-17-14-11-8-5-2/h75H,4-74H2,1-3H3. The first-order chi connectivity index (χ1) is 44.3. The largest absolute Gasteiger partial charge is 0.466 e. The summed E-state index contributed by atoms with van der Waals surface area (Å²) in [6.45, 7) is 8.31. The summed E-state index contributed by atoms with van der Waals surface area (Å²) in [5, 5.41) is 0. The van der Waals surface area contributed by atoms with E-state index in [2.05, 4.69) is 20.8 Å². The predicted molar refractivity (Wildman–Crippen MR) is 380 cm³/mol. The van der Waals surface area contributed by atoms with Gasteiger partial charge < -0.3 is 23.7 Å². The van der Waals surface area contributed by atoms with Crippen LogP contribution in [0.1, 0.15) is 451 Å². The maximum atomic E-state index is 13.0. The van der Waals surface area contributed by atoms with Gasteiger partial charge >= 0.3 is 29.8 Å². The van der Waals surface area contributed by atoms with Crippen LogP contribution in [0.25, 0.3) is 0 Å². The van der Waals surface area contributed by atoms with Gasteiger partial charge in [-0.15, -0.1) is 0 Å². The van der Waals surface area contributed by atoms with Crippen LogP contribution in [0, 0.1) is 0 Å². The molecule has 0 spiro atoms. The zero-order valence-corrected chi connectivity index (χ0v) is 60.4. The van der Waals surface area contributed by atoms with Crippen molar-refractivity contribution < 1.29 is 47.7 Å². The molecule has 0 rings (SSSR count). The Labute approximate surface area is 558 Å². The van der Waals surface area contributed by atoms with E-state index in [1.54, 1.807) is 0 Å². The van der Waals surface area contributed by atoms with Crippen LogP contribution in [0.2, 0.25) is 0 Å². The topological polar surface area (TPSA) is 132 Å².